The molecule has 0 spiro atoms. The van der Waals surface area contributed by atoms with Crippen molar-refractivity contribution < 1.29 is 9.90 Å². The molecular formula is C15H20O2. The topological polar surface area (TPSA) is 37.3 Å². The second-order valence-electron chi connectivity index (χ2n) is 5.00. The number of carbonyl (C=O) groups is 1. The maximum Gasteiger partial charge on any atom is 0.164 e. The second-order valence-corrected chi connectivity index (χ2v) is 5.00. The van der Waals surface area contributed by atoms with Crippen molar-refractivity contribution >= 4 is 5.78 Å². The van der Waals surface area contributed by atoms with Gasteiger partial charge >= 0.3 is 0 Å². The van der Waals surface area contributed by atoms with E-state index < -0.39 is 5.60 Å². The van der Waals surface area contributed by atoms with Gasteiger partial charge in [-0.2, -0.15) is 0 Å². The first-order valence-electron chi connectivity index (χ1n) is 6.50. The fourth-order valence-electron chi connectivity index (χ4n) is 2.55. The van der Waals surface area contributed by atoms with Crippen molar-refractivity contribution in [2.45, 2.75) is 50.5 Å². The molecule has 1 fully saturated rings. The van der Waals surface area contributed by atoms with E-state index in [1.807, 2.05) is 30.3 Å². The van der Waals surface area contributed by atoms with Crippen LogP contribution in [0.1, 0.15) is 44.1 Å². The Labute approximate surface area is 103 Å². The largest absolute Gasteiger partial charge is 0.382 e. The minimum atomic E-state index is -1.02. The van der Waals surface area contributed by atoms with Crippen LogP contribution in [-0.4, -0.2) is 16.5 Å². The molecule has 92 valence electrons. The van der Waals surface area contributed by atoms with Crippen LogP contribution in [0.15, 0.2) is 30.3 Å². The number of benzene rings is 1. The van der Waals surface area contributed by atoms with E-state index in [1.54, 1.807) is 0 Å². The molecule has 2 rings (SSSR count). The van der Waals surface area contributed by atoms with Crippen LogP contribution in [0.3, 0.4) is 0 Å². The van der Waals surface area contributed by atoms with Crippen LogP contribution in [0.4, 0.5) is 0 Å². The molecule has 1 saturated carbocycles. The molecule has 0 heterocycles. The normalized spacial score (nSPS) is 18.9. The van der Waals surface area contributed by atoms with E-state index in [1.165, 1.54) is 5.56 Å². The highest BCUT2D eigenvalue weighted by Crippen LogP contribution is 2.30. The third-order valence-electron chi connectivity index (χ3n) is 3.68. The van der Waals surface area contributed by atoms with Crippen LogP contribution in [0.25, 0.3) is 0 Å². The zero-order chi connectivity index (χ0) is 12.1. The van der Waals surface area contributed by atoms with Gasteiger partial charge in [0.25, 0.3) is 0 Å². The zero-order valence-electron chi connectivity index (χ0n) is 10.2. The van der Waals surface area contributed by atoms with Crippen LogP contribution < -0.4 is 0 Å². The Morgan fingerprint density at radius 2 is 1.76 bits per heavy atom. The fraction of sp³-hybridized carbons (Fsp3) is 0.533. The van der Waals surface area contributed by atoms with Crippen LogP contribution >= 0.6 is 0 Å². The molecule has 0 amide bonds. The van der Waals surface area contributed by atoms with E-state index in [4.69, 9.17) is 0 Å². The van der Waals surface area contributed by atoms with E-state index in [9.17, 15) is 9.90 Å². The van der Waals surface area contributed by atoms with E-state index in [0.717, 1.165) is 25.7 Å². The van der Waals surface area contributed by atoms with E-state index in [2.05, 4.69) is 0 Å². The molecule has 0 aromatic heterocycles. The molecule has 1 aliphatic rings. The van der Waals surface area contributed by atoms with Crippen LogP contribution in [-0.2, 0) is 11.2 Å². The lowest BCUT2D eigenvalue weighted by Gasteiger charge is -2.30. The average molecular weight is 232 g/mol. The molecular weight excluding hydrogens is 212 g/mol. The monoisotopic (exact) mass is 232 g/mol. The number of hydrogen-bond donors (Lipinski definition) is 1. The van der Waals surface area contributed by atoms with Crippen molar-refractivity contribution in [3.05, 3.63) is 35.9 Å². The smallest absolute Gasteiger partial charge is 0.164 e. The summed E-state index contributed by atoms with van der Waals surface area (Å²) in [4.78, 5) is 12.0. The average Bonchev–Trinajstić information content (AvgIpc) is 2.38. The van der Waals surface area contributed by atoms with Crippen molar-refractivity contribution in [3.8, 4) is 0 Å². The van der Waals surface area contributed by atoms with E-state index >= 15 is 0 Å². The van der Waals surface area contributed by atoms with Crippen molar-refractivity contribution in [1.82, 2.24) is 0 Å². The summed E-state index contributed by atoms with van der Waals surface area (Å²) < 4.78 is 0. The Balaban J connectivity index is 1.88. The molecule has 0 saturated heterocycles. The van der Waals surface area contributed by atoms with Crippen LogP contribution in [0, 0.1) is 0 Å². The van der Waals surface area contributed by atoms with Gasteiger partial charge in [-0.05, 0) is 24.8 Å². The highest BCUT2D eigenvalue weighted by atomic mass is 16.3. The van der Waals surface area contributed by atoms with Crippen molar-refractivity contribution in [3.63, 3.8) is 0 Å². The summed E-state index contributed by atoms with van der Waals surface area (Å²) in [6.07, 6.45) is 5.61. The Hall–Kier alpha value is -1.15. The van der Waals surface area contributed by atoms with Gasteiger partial charge in [-0.1, -0.05) is 49.6 Å². The van der Waals surface area contributed by atoms with Gasteiger partial charge in [0, 0.05) is 6.42 Å². The van der Waals surface area contributed by atoms with Crippen molar-refractivity contribution in [2.75, 3.05) is 0 Å². The first kappa shape index (κ1) is 12.3. The summed E-state index contributed by atoms with van der Waals surface area (Å²) in [6.45, 7) is 0. The molecule has 0 radical (unpaired) electrons. The Bertz CT molecular complexity index is 364. The number of aryl methyl sites for hydroxylation is 1. The summed E-state index contributed by atoms with van der Waals surface area (Å²) in [5.41, 5.74) is 0.146. The zero-order valence-corrected chi connectivity index (χ0v) is 10.2. The first-order chi connectivity index (χ1) is 8.21. The molecule has 0 atom stereocenters. The third-order valence-corrected chi connectivity index (χ3v) is 3.68. The summed E-state index contributed by atoms with van der Waals surface area (Å²) in [7, 11) is 0. The first-order valence-corrected chi connectivity index (χ1v) is 6.50. The third kappa shape index (κ3) is 3.16. The number of carbonyl (C=O) groups excluding carboxylic acids is 1. The fourth-order valence-corrected chi connectivity index (χ4v) is 2.55. The lowest BCUT2D eigenvalue weighted by atomic mass is 9.80. The van der Waals surface area contributed by atoms with E-state index in [-0.39, 0.29) is 5.78 Å². The Morgan fingerprint density at radius 1 is 1.12 bits per heavy atom. The molecule has 1 aromatic carbocycles. The van der Waals surface area contributed by atoms with Gasteiger partial charge in [-0.3, -0.25) is 4.79 Å². The van der Waals surface area contributed by atoms with Crippen molar-refractivity contribution in [1.29, 1.82) is 0 Å². The van der Waals surface area contributed by atoms with Gasteiger partial charge in [-0.25, -0.2) is 0 Å². The van der Waals surface area contributed by atoms with Gasteiger partial charge in [0.2, 0.25) is 0 Å². The van der Waals surface area contributed by atoms with Crippen LogP contribution in [0.2, 0.25) is 0 Å². The second kappa shape index (κ2) is 5.46. The minimum Gasteiger partial charge on any atom is -0.382 e. The number of rotatable bonds is 4. The van der Waals surface area contributed by atoms with Gasteiger partial charge in [0.1, 0.15) is 5.60 Å². The summed E-state index contributed by atoms with van der Waals surface area (Å²) >= 11 is 0. The van der Waals surface area contributed by atoms with Gasteiger partial charge in [-0.15, -0.1) is 0 Å². The lowest BCUT2D eigenvalue weighted by Crippen LogP contribution is -2.40. The summed E-state index contributed by atoms with van der Waals surface area (Å²) in [6, 6.07) is 9.99. The maximum absolute atomic E-state index is 12.0. The SMILES string of the molecule is O=C(CCc1ccccc1)C1(O)CCCCC1. The standard InChI is InChI=1S/C15H20O2/c16-14(15(17)11-5-2-6-12-15)10-9-13-7-3-1-4-8-13/h1,3-4,7-8,17H,2,5-6,9-12H2. The Kier molecular flexibility index (Phi) is 3.95. The Morgan fingerprint density at radius 3 is 2.41 bits per heavy atom. The molecule has 0 unspecified atom stereocenters. The highest BCUT2D eigenvalue weighted by molar-refractivity contribution is 5.87. The number of Topliss-reactive ketones (excluding diaryl/α,β-unsaturated/α-hetero) is 1. The predicted molar refractivity (Wildman–Crippen MR) is 67.8 cm³/mol. The minimum absolute atomic E-state index is 0.0288. The highest BCUT2D eigenvalue weighted by Gasteiger charge is 2.35. The number of hydrogen-bond acceptors (Lipinski definition) is 2. The molecule has 2 nitrogen and oxygen atoms in total. The summed E-state index contributed by atoms with van der Waals surface area (Å²) in [5.74, 6) is 0.0288. The molecule has 17 heavy (non-hydrogen) atoms. The molecule has 2 heteroatoms. The van der Waals surface area contributed by atoms with Crippen molar-refractivity contribution in [2.24, 2.45) is 0 Å². The molecule has 0 aliphatic heterocycles. The summed E-state index contributed by atoms with van der Waals surface area (Å²) in [5, 5.41) is 10.3. The number of aliphatic hydroxyl groups is 1. The quantitative estimate of drug-likeness (QED) is 0.866. The van der Waals surface area contributed by atoms with Gasteiger partial charge in [0.05, 0.1) is 0 Å². The lowest BCUT2D eigenvalue weighted by molar-refractivity contribution is -0.140. The number of ketones is 1. The van der Waals surface area contributed by atoms with Gasteiger partial charge < -0.3 is 5.11 Å². The predicted octanol–water partition coefficient (Wildman–Crippen LogP) is 2.88. The molecule has 1 N–H and O–H groups in total. The maximum atomic E-state index is 12.0. The molecule has 0 bridgehead atoms. The van der Waals surface area contributed by atoms with Gasteiger partial charge in [0.15, 0.2) is 5.78 Å². The van der Waals surface area contributed by atoms with E-state index in [0.29, 0.717) is 19.3 Å². The molecule has 1 aromatic rings. The molecule has 1 aliphatic carbocycles. The van der Waals surface area contributed by atoms with Crippen LogP contribution in [0.5, 0.6) is 0 Å².